The third-order valence-electron chi connectivity index (χ3n) is 2.58. The number of benzene rings is 1. The molecule has 0 saturated heterocycles. The lowest BCUT2D eigenvalue weighted by molar-refractivity contribution is -0.139. The molecule has 3 N–H and O–H groups in total. The number of carbonyl (C=O) groups excluding carboxylic acids is 2. The van der Waals surface area contributed by atoms with Crippen LogP contribution in [0.1, 0.15) is 17.3 Å². The van der Waals surface area contributed by atoms with Crippen LogP contribution in [-0.2, 0) is 9.53 Å². The van der Waals surface area contributed by atoms with Crippen LogP contribution in [0.15, 0.2) is 36.4 Å². The first kappa shape index (κ1) is 17.6. The van der Waals surface area contributed by atoms with Crippen LogP contribution in [0.2, 0.25) is 0 Å². The van der Waals surface area contributed by atoms with Crippen LogP contribution >= 0.6 is 12.2 Å². The molecule has 0 radical (unpaired) electrons. The number of amides is 1. The summed E-state index contributed by atoms with van der Waals surface area (Å²) in [5.74, 6) is -0.847. The van der Waals surface area contributed by atoms with Gasteiger partial charge >= 0.3 is 5.97 Å². The van der Waals surface area contributed by atoms with E-state index in [1.807, 2.05) is 6.92 Å². The summed E-state index contributed by atoms with van der Waals surface area (Å²) in [7, 11) is 1.26. The Hall–Kier alpha value is -2.41. The number of rotatable bonds is 6. The Morgan fingerprint density at radius 2 is 1.82 bits per heavy atom. The van der Waals surface area contributed by atoms with E-state index in [2.05, 4.69) is 27.3 Å². The molecule has 1 aromatic carbocycles. The molecule has 1 rings (SSSR count). The molecule has 22 heavy (non-hydrogen) atoms. The predicted molar refractivity (Wildman–Crippen MR) is 89.8 cm³/mol. The van der Waals surface area contributed by atoms with Crippen molar-refractivity contribution in [1.82, 2.24) is 10.6 Å². The lowest BCUT2D eigenvalue weighted by Gasteiger charge is -2.11. The van der Waals surface area contributed by atoms with Crippen LogP contribution < -0.4 is 16.0 Å². The van der Waals surface area contributed by atoms with Crippen LogP contribution in [0.25, 0.3) is 0 Å². The Labute approximate surface area is 134 Å². The molecule has 0 aliphatic heterocycles. The average Bonchev–Trinajstić information content (AvgIpc) is 2.51. The molecule has 0 spiro atoms. The fourth-order valence-corrected chi connectivity index (χ4v) is 1.63. The van der Waals surface area contributed by atoms with Gasteiger partial charge in [0.1, 0.15) is 6.54 Å². The average molecular weight is 321 g/mol. The molecule has 0 saturated carbocycles. The summed E-state index contributed by atoms with van der Waals surface area (Å²) < 4.78 is 4.45. The molecule has 7 heteroatoms. The van der Waals surface area contributed by atoms with Gasteiger partial charge in [0.15, 0.2) is 5.11 Å². The normalized spacial score (nSPS) is 9.55. The predicted octanol–water partition coefficient (Wildman–Crippen LogP) is 1.45. The van der Waals surface area contributed by atoms with E-state index in [1.165, 1.54) is 7.11 Å². The Kier molecular flexibility index (Phi) is 7.04. The topological polar surface area (TPSA) is 79.5 Å². The molecule has 0 atom stereocenters. The Morgan fingerprint density at radius 1 is 1.18 bits per heavy atom. The lowest BCUT2D eigenvalue weighted by Crippen LogP contribution is -2.30. The van der Waals surface area contributed by atoms with Crippen molar-refractivity contribution in [3.63, 3.8) is 0 Å². The minimum atomic E-state index is -0.499. The Bertz CT molecular complexity index is 570. The number of ether oxygens (including phenoxy) is 1. The van der Waals surface area contributed by atoms with Crippen LogP contribution in [0, 0.1) is 0 Å². The van der Waals surface area contributed by atoms with Gasteiger partial charge < -0.3 is 20.7 Å². The van der Waals surface area contributed by atoms with Gasteiger partial charge in [-0.2, -0.15) is 0 Å². The van der Waals surface area contributed by atoms with E-state index >= 15 is 0 Å². The van der Waals surface area contributed by atoms with Gasteiger partial charge in [-0.05, 0) is 43.4 Å². The van der Waals surface area contributed by atoms with Crippen molar-refractivity contribution in [3.8, 4) is 0 Å². The van der Waals surface area contributed by atoms with Crippen molar-refractivity contribution in [2.24, 2.45) is 0 Å². The highest BCUT2D eigenvalue weighted by Crippen LogP contribution is 2.09. The van der Waals surface area contributed by atoms with E-state index < -0.39 is 5.97 Å². The monoisotopic (exact) mass is 321 g/mol. The van der Waals surface area contributed by atoms with Gasteiger partial charge in [-0.25, -0.2) is 0 Å². The number of anilines is 1. The zero-order valence-corrected chi connectivity index (χ0v) is 13.4. The first-order valence-electron chi connectivity index (χ1n) is 6.56. The molecule has 1 amide bonds. The lowest BCUT2D eigenvalue weighted by atomic mass is 10.2. The number of esters is 1. The third kappa shape index (κ3) is 6.36. The Morgan fingerprint density at radius 3 is 2.36 bits per heavy atom. The molecule has 1 aromatic rings. The van der Waals surface area contributed by atoms with Gasteiger partial charge in [-0.1, -0.05) is 12.2 Å². The van der Waals surface area contributed by atoms with Gasteiger partial charge in [0, 0.05) is 17.8 Å². The second kappa shape index (κ2) is 8.78. The third-order valence-corrected chi connectivity index (χ3v) is 2.82. The van der Waals surface area contributed by atoms with Crippen molar-refractivity contribution < 1.29 is 14.3 Å². The molecule has 118 valence electrons. The standard InChI is InChI=1S/C15H19N3O3S/c1-10(2)8-17-15(22)18-12-6-4-11(5-7-12)14(20)16-9-13(19)21-3/h4-7H,1,8-9H2,2-3H3,(H,16,20)(H2,17,18,22). The molecule has 0 fully saturated rings. The number of hydrogen-bond acceptors (Lipinski definition) is 4. The second-order valence-electron chi connectivity index (χ2n) is 4.60. The van der Waals surface area contributed by atoms with E-state index in [1.54, 1.807) is 24.3 Å². The minimum Gasteiger partial charge on any atom is -0.468 e. The van der Waals surface area contributed by atoms with Crippen molar-refractivity contribution in [2.45, 2.75) is 6.92 Å². The quantitative estimate of drug-likeness (QED) is 0.418. The van der Waals surface area contributed by atoms with Crippen molar-refractivity contribution in [3.05, 3.63) is 42.0 Å². The first-order chi connectivity index (χ1) is 10.4. The van der Waals surface area contributed by atoms with E-state index in [4.69, 9.17) is 12.2 Å². The first-order valence-corrected chi connectivity index (χ1v) is 6.97. The summed E-state index contributed by atoms with van der Waals surface area (Å²) >= 11 is 5.13. The van der Waals surface area contributed by atoms with Gasteiger partial charge in [0.2, 0.25) is 0 Å². The molecular weight excluding hydrogens is 302 g/mol. The molecule has 6 nitrogen and oxygen atoms in total. The summed E-state index contributed by atoms with van der Waals surface area (Å²) in [6.45, 7) is 6.11. The fourth-order valence-electron chi connectivity index (χ4n) is 1.44. The summed E-state index contributed by atoms with van der Waals surface area (Å²) in [5.41, 5.74) is 2.17. The molecule has 0 heterocycles. The maximum atomic E-state index is 11.8. The molecule has 0 aliphatic carbocycles. The zero-order chi connectivity index (χ0) is 16.5. The second-order valence-corrected chi connectivity index (χ2v) is 5.01. The SMILES string of the molecule is C=C(C)CNC(=S)Nc1ccc(C(=O)NCC(=O)OC)cc1. The summed E-state index contributed by atoms with van der Waals surface area (Å²) in [4.78, 5) is 22.7. The highest BCUT2D eigenvalue weighted by molar-refractivity contribution is 7.80. The van der Waals surface area contributed by atoms with Crippen LogP contribution in [0.4, 0.5) is 5.69 Å². The maximum absolute atomic E-state index is 11.8. The molecule has 0 bridgehead atoms. The number of hydrogen-bond donors (Lipinski definition) is 3. The van der Waals surface area contributed by atoms with Crippen LogP contribution in [0.5, 0.6) is 0 Å². The summed E-state index contributed by atoms with van der Waals surface area (Å²) in [6.07, 6.45) is 0. The van der Waals surface area contributed by atoms with E-state index in [0.717, 1.165) is 11.3 Å². The molecule has 0 aromatic heterocycles. The van der Waals surface area contributed by atoms with Crippen LogP contribution in [0.3, 0.4) is 0 Å². The van der Waals surface area contributed by atoms with E-state index in [0.29, 0.717) is 17.2 Å². The van der Waals surface area contributed by atoms with Crippen LogP contribution in [-0.4, -0.2) is 37.2 Å². The summed E-state index contributed by atoms with van der Waals surface area (Å²) in [6, 6.07) is 6.72. The van der Waals surface area contributed by atoms with Gasteiger partial charge in [0.05, 0.1) is 7.11 Å². The van der Waals surface area contributed by atoms with Crippen molar-refractivity contribution in [1.29, 1.82) is 0 Å². The van der Waals surface area contributed by atoms with Gasteiger partial charge in [0.25, 0.3) is 5.91 Å². The maximum Gasteiger partial charge on any atom is 0.325 e. The minimum absolute atomic E-state index is 0.162. The van der Waals surface area contributed by atoms with E-state index in [9.17, 15) is 9.59 Å². The number of carbonyl (C=O) groups is 2. The molecular formula is C15H19N3O3S. The smallest absolute Gasteiger partial charge is 0.325 e. The zero-order valence-electron chi connectivity index (χ0n) is 12.6. The number of thiocarbonyl (C=S) groups is 1. The molecule has 0 unspecified atom stereocenters. The molecule has 0 aliphatic rings. The number of nitrogens with one attached hydrogen (secondary N) is 3. The van der Waals surface area contributed by atoms with Gasteiger partial charge in [-0.3, -0.25) is 9.59 Å². The van der Waals surface area contributed by atoms with Crippen molar-refractivity contribution >= 4 is 34.9 Å². The highest BCUT2D eigenvalue weighted by atomic mass is 32.1. The largest absolute Gasteiger partial charge is 0.468 e. The number of methoxy groups -OCH3 is 1. The van der Waals surface area contributed by atoms with E-state index in [-0.39, 0.29) is 12.5 Å². The van der Waals surface area contributed by atoms with Gasteiger partial charge in [-0.15, -0.1) is 0 Å². The highest BCUT2D eigenvalue weighted by Gasteiger charge is 2.08. The fraction of sp³-hybridized carbons (Fsp3) is 0.267. The van der Waals surface area contributed by atoms with Crippen molar-refractivity contribution in [2.75, 3.05) is 25.5 Å². The Balaban J connectivity index is 2.51. The summed E-state index contributed by atoms with van der Waals surface area (Å²) in [5, 5.41) is 8.93.